The number of carbonyl (C=O) groups is 1. The summed E-state index contributed by atoms with van der Waals surface area (Å²) in [6, 6.07) is 3.58. The average Bonchev–Trinajstić information content (AvgIpc) is 2.89. The fourth-order valence-corrected chi connectivity index (χ4v) is 2.33. The molecule has 0 unspecified atom stereocenters. The van der Waals surface area contributed by atoms with Crippen molar-refractivity contribution in [1.82, 2.24) is 10.3 Å². The molecule has 1 fully saturated rings. The summed E-state index contributed by atoms with van der Waals surface area (Å²) < 4.78 is 0. The third kappa shape index (κ3) is 2.96. The number of hydrogen-bond acceptors (Lipinski definition) is 3. The Labute approximate surface area is 102 Å². The van der Waals surface area contributed by atoms with Crippen molar-refractivity contribution in [2.75, 3.05) is 18.9 Å². The molecule has 0 atom stereocenters. The van der Waals surface area contributed by atoms with Gasteiger partial charge in [-0.15, -0.1) is 0 Å². The van der Waals surface area contributed by atoms with Gasteiger partial charge in [0.05, 0.1) is 5.56 Å². The average molecular weight is 233 g/mol. The van der Waals surface area contributed by atoms with E-state index in [2.05, 4.69) is 15.6 Å². The van der Waals surface area contributed by atoms with Crippen molar-refractivity contribution in [3.63, 3.8) is 0 Å². The zero-order chi connectivity index (χ0) is 12.1. The fraction of sp³-hybridized carbons (Fsp3) is 0.538. The SMILES string of the molecule is CNc1ncccc1C(=O)NCC1CCCC1. The van der Waals surface area contributed by atoms with Crippen LogP contribution in [0.4, 0.5) is 5.82 Å². The molecule has 1 aliphatic rings. The molecule has 4 nitrogen and oxygen atoms in total. The molecule has 17 heavy (non-hydrogen) atoms. The molecular formula is C13H19N3O. The monoisotopic (exact) mass is 233 g/mol. The van der Waals surface area contributed by atoms with Gasteiger partial charge in [-0.1, -0.05) is 12.8 Å². The molecule has 1 amide bonds. The molecule has 0 bridgehead atoms. The highest BCUT2D eigenvalue weighted by Crippen LogP contribution is 2.23. The minimum atomic E-state index is -0.0330. The first-order valence-corrected chi connectivity index (χ1v) is 6.22. The lowest BCUT2D eigenvalue weighted by molar-refractivity contribution is 0.0948. The van der Waals surface area contributed by atoms with Crippen LogP contribution in [-0.2, 0) is 0 Å². The van der Waals surface area contributed by atoms with Crippen molar-refractivity contribution in [3.8, 4) is 0 Å². The minimum absolute atomic E-state index is 0.0330. The molecule has 2 N–H and O–H groups in total. The Morgan fingerprint density at radius 1 is 1.47 bits per heavy atom. The topological polar surface area (TPSA) is 54.0 Å². The first kappa shape index (κ1) is 11.9. The van der Waals surface area contributed by atoms with E-state index in [1.165, 1.54) is 25.7 Å². The van der Waals surface area contributed by atoms with Crippen molar-refractivity contribution >= 4 is 11.7 Å². The third-order valence-corrected chi connectivity index (χ3v) is 3.32. The van der Waals surface area contributed by atoms with E-state index in [4.69, 9.17) is 0 Å². The number of rotatable bonds is 4. The van der Waals surface area contributed by atoms with E-state index in [1.54, 1.807) is 25.4 Å². The maximum absolute atomic E-state index is 12.0. The van der Waals surface area contributed by atoms with Crippen molar-refractivity contribution in [1.29, 1.82) is 0 Å². The fourth-order valence-electron chi connectivity index (χ4n) is 2.33. The van der Waals surface area contributed by atoms with Gasteiger partial charge in [0.25, 0.3) is 5.91 Å². The molecule has 4 heteroatoms. The van der Waals surface area contributed by atoms with E-state index >= 15 is 0 Å². The van der Waals surface area contributed by atoms with E-state index < -0.39 is 0 Å². The lowest BCUT2D eigenvalue weighted by Crippen LogP contribution is -2.29. The van der Waals surface area contributed by atoms with Gasteiger partial charge in [0.15, 0.2) is 0 Å². The quantitative estimate of drug-likeness (QED) is 0.836. The van der Waals surface area contributed by atoms with E-state index in [0.717, 1.165) is 6.54 Å². The summed E-state index contributed by atoms with van der Waals surface area (Å²) in [6.45, 7) is 0.789. The Bertz CT molecular complexity index is 386. The molecule has 1 heterocycles. The molecule has 1 aromatic heterocycles. The van der Waals surface area contributed by atoms with Crippen molar-refractivity contribution < 1.29 is 4.79 Å². The van der Waals surface area contributed by atoms with Crippen LogP contribution in [0, 0.1) is 5.92 Å². The van der Waals surface area contributed by atoms with Crippen molar-refractivity contribution in [2.45, 2.75) is 25.7 Å². The van der Waals surface area contributed by atoms with Gasteiger partial charge in [0.1, 0.15) is 5.82 Å². The van der Waals surface area contributed by atoms with E-state index in [1.807, 2.05) is 0 Å². The third-order valence-electron chi connectivity index (χ3n) is 3.32. The number of nitrogens with zero attached hydrogens (tertiary/aromatic N) is 1. The van der Waals surface area contributed by atoms with E-state index in [9.17, 15) is 4.79 Å². The van der Waals surface area contributed by atoms with E-state index in [0.29, 0.717) is 17.3 Å². The number of aromatic nitrogens is 1. The van der Waals surface area contributed by atoms with Gasteiger partial charge in [-0.2, -0.15) is 0 Å². The molecule has 92 valence electrons. The minimum Gasteiger partial charge on any atom is -0.372 e. The van der Waals surface area contributed by atoms with Gasteiger partial charge in [-0.3, -0.25) is 4.79 Å². The van der Waals surface area contributed by atoms with Crippen LogP contribution in [-0.4, -0.2) is 24.5 Å². The number of hydrogen-bond donors (Lipinski definition) is 2. The van der Waals surface area contributed by atoms with Gasteiger partial charge in [0.2, 0.25) is 0 Å². The summed E-state index contributed by atoms with van der Waals surface area (Å²) in [5.41, 5.74) is 0.619. The predicted molar refractivity (Wildman–Crippen MR) is 68.1 cm³/mol. The second kappa shape index (κ2) is 5.66. The Kier molecular flexibility index (Phi) is 3.96. The summed E-state index contributed by atoms with van der Waals surface area (Å²) in [6.07, 6.45) is 6.77. The van der Waals surface area contributed by atoms with Crippen LogP contribution in [0.1, 0.15) is 36.0 Å². The first-order valence-electron chi connectivity index (χ1n) is 6.22. The van der Waals surface area contributed by atoms with Crippen LogP contribution >= 0.6 is 0 Å². The van der Waals surface area contributed by atoms with Gasteiger partial charge in [-0.05, 0) is 30.9 Å². The Hall–Kier alpha value is -1.58. The number of nitrogens with one attached hydrogen (secondary N) is 2. The summed E-state index contributed by atoms with van der Waals surface area (Å²) in [5.74, 6) is 1.26. The zero-order valence-corrected chi connectivity index (χ0v) is 10.2. The highest BCUT2D eigenvalue weighted by atomic mass is 16.1. The molecule has 0 saturated heterocycles. The predicted octanol–water partition coefficient (Wildman–Crippen LogP) is 2.04. The summed E-state index contributed by atoms with van der Waals surface area (Å²) in [5, 5.41) is 5.93. The number of carbonyl (C=O) groups excluding carboxylic acids is 1. The molecule has 1 aliphatic carbocycles. The molecule has 0 aromatic carbocycles. The number of anilines is 1. The van der Waals surface area contributed by atoms with Gasteiger partial charge >= 0.3 is 0 Å². The van der Waals surface area contributed by atoms with Crippen LogP contribution in [0.5, 0.6) is 0 Å². The smallest absolute Gasteiger partial charge is 0.255 e. The zero-order valence-electron chi connectivity index (χ0n) is 10.2. The molecule has 1 saturated carbocycles. The molecule has 0 spiro atoms. The van der Waals surface area contributed by atoms with Gasteiger partial charge in [-0.25, -0.2) is 4.98 Å². The summed E-state index contributed by atoms with van der Waals surface area (Å²) in [4.78, 5) is 16.1. The molecule has 2 rings (SSSR count). The lowest BCUT2D eigenvalue weighted by atomic mass is 10.1. The Balaban J connectivity index is 1.94. The molecule has 0 radical (unpaired) electrons. The lowest BCUT2D eigenvalue weighted by Gasteiger charge is -2.12. The number of pyridine rings is 1. The van der Waals surface area contributed by atoms with Crippen LogP contribution < -0.4 is 10.6 Å². The maximum atomic E-state index is 12.0. The van der Waals surface area contributed by atoms with Crippen molar-refractivity contribution in [2.24, 2.45) is 5.92 Å². The maximum Gasteiger partial charge on any atom is 0.255 e. The summed E-state index contributed by atoms with van der Waals surface area (Å²) >= 11 is 0. The van der Waals surface area contributed by atoms with Crippen LogP contribution in [0.3, 0.4) is 0 Å². The highest BCUT2D eigenvalue weighted by Gasteiger charge is 2.17. The van der Waals surface area contributed by atoms with Crippen LogP contribution in [0.25, 0.3) is 0 Å². The highest BCUT2D eigenvalue weighted by molar-refractivity contribution is 5.98. The largest absolute Gasteiger partial charge is 0.372 e. The number of amides is 1. The Morgan fingerprint density at radius 3 is 2.94 bits per heavy atom. The summed E-state index contributed by atoms with van der Waals surface area (Å²) in [7, 11) is 1.77. The van der Waals surface area contributed by atoms with Gasteiger partial charge < -0.3 is 10.6 Å². The standard InChI is InChI=1S/C13H19N3O/c1-14-12-11(7-4-8-15-12)13(17)16-9-10-5-2-3-6-10/h4,7-8,10H,2-3,5-6,9H2,1H3,(H,14,15)(H,16,17). The molecule has 0 aliphatic heterocycles. The van der Waals surface area contributed by atoms with E-state index in [-0.39, 0.29) is 5.91 Å². The van der Waals surface area contributed by atoms with Crippen LogP contribution in [0.2, 0.25) is 0 Å². The normalized spacial score (nSPS) is 15.8. The second-order valence-electron chi connectivity index (χ2n) is 4.51. The Morgan fingerprint density at radius 2 is 2.24 bits per heavy atom. The van der Waals surface area contributed by atoms with Gasteiger partial charge in [0, 0.05) is 19.8 Å². The first-order chi connectivity index (χ1) is 8.31. The van der Waals surface area contributed by atoms with Crippen LogP contribution in [0.15, 0.2) is 18.3 Å². The molecular weight excluding hydrogens is 214 g/mol. The second-order valence-corrected chi connectivity index (χ2v) is 4.51. The molecule has 1 aromatic rings. The van der Waals surface area contributed by atoms with Crippen molar-refractivity contribution in [3.05, 3.63) is 23.9 Å².